The number of hydrogen-bond donors (Lipinski definition) is 1. The Kier molecular flexibility index (Phi) is 2.47. The molecule has 1 aromatic rings. The van der Waals surface area contributed by atoms with E-state index in [1.165, 1.54) is 22.3 Å². The van der Waals surface area contributed by atoms with Crippen molar-refractivity contribution in [2.45, 2.75) is 46.3 Å². The highest BCUT2D eigenvalue weighted by molar-refractivity contribution is 5.53. The molecule has 0 saturated carbocycles. The first-order valence-corrected chi connectivity index (χ1v) is 5.59. The first-order chi connectivity index (χ1) is 7.06. The zero-order chi connectivity index (χ0) is 11.2. The summed E-state index contributed by atoms with van der Waals surface area (Å²) in [4.78, 5) is 0. The fourth-order valence-corrected chi connectivity index (χ4v) is 2.38. The summed E-state index contributed by atoms with van der Waals surface area (Å²) in [6, 6.07) is 2.25. The maximum absolute atomic E-state index is 6.20. The molecule has 2 heteroatoms. The van der Waals surface area contributed by atoms with Crippen molar-refractivity contribution in [1.82, 2.24) is 0 Å². The van der Waals surface area contributed by atoms with Gasteiger partial charge in [-0.2, -0.15) is 0 Å². The summed E-state index contributed by atoms with van der Waals surface area (Å²) >= 11 is 0. The summed E-state index contributed by atoms with van der Waals surface area (Å²) in [7, 11) is 0. The monoisotopic (exact) mass is 205 g/mol. The van der Waals surface area contributed by atoms with Crippen LogP contribution < -0.4 is 10.5 Å². The van der Waals surface area contributed by atoms with E-state index < -0.39 is 0 Å². The lowest BCUT2D eigenvalue weighted by molar-refractivity contribution is 0.201. The Morgan fingerprint density at radius 3 is 2.53 bits per heavy atom. The lowest BCUT2D eigenvalue weighted by Gasteiger charge is -2.12. The zero-order valence-corrected chi connectivity index (χ0v) is 9.92. The van der Waals surface area contributed by atoms with E-state index in [2.05, 4.69) is 33.8 Å². The molecule has 2 nitrogen and oxygen atoms in total. The molecule has 2 atom stereocenters. The van der Waals surface area contributed by atoms with Crippen LogP contribution in [0.4, 0.5) is 0 Å². The van der Waals surface area contributed by atoms with Gasteiger partial charge in [-0.1, -0.05) is 13.0 Å². The molecule has 0 aliphatic carbocycles. The number of aryl methyl sites for hydroxylation is 2. The summed E-state index contributed by atoms with van der Waals surface area (Å²) in [6.45, 7) is 8.47. The van der Waals surface area contributed by atoms with Crippen molar-refractivity contribution < 1.29 is 4.74 Å². The van der Waals surface area contributed by atoms with Gasteiger partial charge in [-0.25, -0.2) is 0 Å². The molecule has 15 heavy (non-hydrogen) atoms. The standard InChI is InChI=1S/C13H19NO/c1-5-10-12(14)11-8(3)6-7(2)9(4)13(11)15-10/h6,10,12H,5,14H2,1-4H3. The van der Waals surface area contributed by atoms with Gasteiger partial charge in [-0.15, -0.1) is 0 Å². The van der Waals surface area contributed by atoms with Gasteiger partial charge in [0.05, 0.1) is 6.04 Å². The van der Waals surface area contributed by atoms with Crippen LogP contribution >= 0.6 is 0 Å². The predicted octanol–water partition coefficient (Wildman–Crippen LogP) is 2.78. The molecule has 2 rings (SSSR count). The van der Waals surface area contributed by atoms with Crippen LogP contribution in [0.1, 0.15) is 41.6 Å². The molecule has 0 radical (unpaired) electrons. The van der Waals surface area contributed by atoms with Gasteiger partial charge in [-0.3, -0.25) is 0 Å². The van der Waals surface area contributed by atoms with Crippen molar-refractivity contribution >= 4 is 0 Å². The molecule has 0 spiro atoms. The Labute approximate surface area is 91.4 Å². The predicted molar refractivity (Wildman–Crippen MR) is 62.3 cm³/mol. The molecule has 1 aromatic carbocycles. The number of fused-ring (bicyclic) bond motifs is 1. The third kappa shape index (κ3) is 1.44. The third-order valence-corrected chi connectivity index (χ3v) is 3.44. The normalized spacial score (nSPS) is 23.8. The summed E-state index contributed by atoms with van der Waals surface area (Å²) < 4.78 is 5.94. The highest BCUT2D eigenvalue weighted by Crippen LogP contribution is 2.42. The second-order valence-corrected chi connectivity index (χ2v) is 4.47. The minimum absolute atomic E-state index is 0.0456. The SMILES string of the molecule is CCC1Oc2c(C)c(C)cc(C)c2C1N. The molecular formula is C13H19NO. The van der Waals surface area contributed by atoms with Crippen molar-refractivity contribution in [2.75, 3.05) is 0 Å². The van der Waals surface area contributed by atoms with Crippen molar-refractivity contribution in [3.05, 3.63) is 28.3 Å². The lowest BCUT2D eigenvalue weighted by atomic mass is 9.94. The molecular weight excluding hydrogens is 186 g/mol. The number of benzene rings is 1. The van der Waals surface area contributed by atoms with Crippen LogP contribution in [0.15, 0.2) is 6.07 Å². The van der Waals surface area contributed by atoms with Crippen molar-refractivity contribution in [3.63, 3.8) is 0 Å². The first-order valence-electron chi connectivity index (χ1n) is 5.59. The van der Waals surface area contributed by atoms with E-state index >= 15 is 0 Å². The Hall–Kier alpha value is -1.02. The maximum Gasteiger partial charge on any atom is 0.128 e. The fourth-order valence-electron chi connectivity index (χ4n) is 2.38. The smallest absolute Gasteiger partial charge is 0.128 e. The Morgan fingerprint density at radius 2 is 1.93 bits per heavy atom. The van der Waals surface area contributed by atoms with Crippen LogP contribution in [0, 0.1) is 20.8 Å². The number of ether oxygens (including phenoxy) is 1. The molecule has 1 heterocycles. The first kappa shape index (κ1) is 10.5. The average Bonchev–Trinajstić information content (AvgIpc) is 2.53. The van der Waals surface area contributed by atoms with E-state index in [9.17, 15) is 0 Å². The molecule has 1 aliphatic heterocycles. The van der Waals surface area contributed by atoms with Crippen molar-refractivity contribution in [2.24, 2.45) is 5.73 Å². The molecule has 1 aliphatic rings. The van der Waals surface area contributed by atoms with E-state index in [1.807, 2.05) is 0 Å². The van der Waals surface area contributed by atoms with Gasteiger partial charge in [-0.05, 0) is 43.9 Å². The van der Waals surface area contributed by atoms with Crippen molar-refractivity contribution in [1.29, 1.82) is 0 Å². The molecule has 2 unspecified atom stereocenters. The fraction of sp³-hybridized carbons (Fsp3) is 0.538. The van der Waals surface area contributed by atoms with E-state index in [0.717, 1.165) is 12.2 Å². The van der Waals surface area contributed by atoms with E-state index in [-0.39, 0.29) is 12.1 Å². The van der Waals surface area contributed by atoms with Gasteiger partial charge in [0.25, 0.3) is 0 Å². The molecule has 0 saturated heterocycles. The summed E-state index contributed by atoms with van der Waals surface area (Å²) in [5, 5.41) is 0. The van der Waals surface area contributed by atoms with Crippen molar-refractivity contribution in [3.8, 4) is 5.75 Å². The number of nitrogens with two attached hydrogens (primary N) is 1. The molecule has 0 aromatic heterocycles. The second-order valence-electron chi connectivity index (χ2n) is 4.47. The van der Waals surface area contributed by atoms with Gasteiger partial charge in [0.2, 0.25) is 0 Å². The Balaban J connectivity index is 2.58. The molecule has 2 N–H and O–H groups in total. The molecule has 0 bridgehead atoms. The average molecular weight is 205 g/mol. The molecule has 0 fully saturated rings. The third-order valence-electron chi connectivity index (χ3n) is 3.44. The van der Waals surface area contributed by atoms with Gasteiger partial charge in [0, 0.05) is 5.56 Å². The van der Waals surface area contributed by atoms with Crippen LogP contribution in [0.3, 0.4) is 0 Å². The largest absolute Gasteiger partial charge is 0.488 e. The van der Waals surface area contributed by atoms with Crippen LogP contribution in [-0.4, -0.2) is 6.10 Å². The molecule has 0 amide bonds. The Morgan fingerprint density at radius 1 is 1.27 bits per heavy atom. The van der Waals surface area contributed by atoms with E-state index in [0.29, 0.717) is 0 Å². The highest BCUT2D eigenvalue weighted by Gasteiger charge is 2.33. The van der Waals surface area contributed by atoms with E-state index in [4.69, 9.17) is 10.5 Å². The second kappa shape index (κ2) is 3.53. The quantitative estimate of drug-likeness (QED) is 0.765. The highest BCUT2D eigenvalue weighted by atomic mass is 16.5. The van der Waals surface area contributed by atoms with Crippen LogP contribution in [0.2, 0.25) is 0 Å². The van der Waals surface area contributed by atoms with Gasteiger partial charge in [0.15, 0.2) is 0 Å². The van der Waals surface area contributed by atoms with Gasteiger partial charge >= 0.3 is 0 Å². The molecule has 82 valence electrons. The number of rotatable bonds is 1. The van der Waals surface area contributed by atoms with Crippen LogP contribution in [-0.2, 0) is 0 Å². The maximum atomic E-state index is 6.20. The topological polar surface area (TPSA) is 35.2 Å². The zero-order valence-electron chi connectivity index (χ0n) is 9.92. The summed E-state index contributed by atoms with van der Waals surface area (Å²) in [6.07, 6.45) is 1.12. The van der Waals surface area contributed by atoms with Crippen LogP contribution in [0.5, 0.6) is 5.75 Å². The van der Waals surface area contributed by atoms with Gasteiger partial charge in [0.1, 0.15) is 11.9 Å². The Bertz CT molecular complexity index is 398. The number of hydrogen-bond acceptors (Lipinski definition) is 2. The lowest BCUT2D eigenvalue weighted by Crippen LogP contribution is -2.24. The van der Waals surface area contributed by atoms with Gasteiger partial charge < -0.3 is 10.5 Å². The summed E-state index contributed by atoms with van der Waals surface area (Å²) in [5.74, 6) is 1.03. The minimum atomic E-state index is 0.0456. The minimum Gasteiger partial charge on any atom is -0.488 e. The van der Waals surface area contributed by atoms with Crippen LogP contribution in [0.25, 0.3) is 0 Å². The summed E-state index contributed by atoms with van der Waals surface area (Å²) in [5.41, 5.74) is 11.2. The van der Waals surface area contributed by atoms with E-state index in [1.54, 1.807) is 0 Å².